The lowest BCUT2D eigenvalue weighted by Gasteiger charge is -2.12. The minimum absolute atomic E-state index is 1.01. The Bertz CT molecular complexity index is 2690. The normalized spacial score (nSPS) is 12.4. The van der Waals surface area contributed by atoms with Crippen molar-refractivity contribution < 1.29 is 0 Å². The molecule has 0 aliphatic rings. The molecule has 3 nitrogen and oxygen atoms in total. The zero-order chi connectivity index (χ0) is 26.7. The van der Waals surface area contributed by atoms with E-state index in [4.69, 9.17) is 4.98 Å². The Morgan fingerprint density at radius 1 is 0.463 bits per heavy atom. The molecule has 6 aromatic carbocycles. The van der Waals surface area contributed by atoms with Crippen LogP contribution < -0.4 is 0 Å². The van der Waals surface area contributed by atoms with Gasteiger partial charge in [-0.2, -0.15) is 0 Å². The maximum Gasteiger partial charge on any atom is 0.146 e. The van der Waals surface area contributed by atoms with Crippen LogP contribution in [0, 0.1) is 0 Å². The molecule has 0 spiro atoms. The van der Waals surface area contributed by atoms with E-state index in [9.17, 15) is 0 Å². The Balaban J connectivity index is 1.53. The Labute approximate surface area is 238 Å². The number of pyridine rings is 1. The maximum atomic E-state index is 5.23. The molecule has 0 atom stereocenters. The first kappa shape index (κ1) is 21.6. The van der Waals surface area contributed by atoms with E-state index >= 15 is 0 Å². The molecule has 10 rings (SSSR count). The number of thiophene rings is 1. The van der Waals surface area contributed by atoms with Crippen molar-refractivity contribution in [2.45, 2.75) is 0 Å². The Morgan fingerprint density at radius 3 is 2.12 bits per heavy atom. The Morgan fingerprint density at radius 2 is 1.22 bits per heavy atom. The fourth-order valence-corrected chi connectivity index (χ4v) is 8.10. The summed E-state index contributed by atoms with van der Waals surface area (Å²) < 4.78 is 7.40. The van der Waals surface area contributed by atoms with Gasteiger partial charge in [-0.15, -0.1) is 11.3 Å². The molecule has 4 heterocycles. The van der Waals surface area contributed by atoms with E-state index in [1.165, 1.54) is 69.3 Å². The third kappa shape index (κ3) is 2.75. The molecular weight excluding hydrogens is 518 g/mol. The lowest BCUT2D eigenvalue weighted by Crippen LogP contribution is -1.94. The van der Waals surface area contributed by atoms with Crippen LogP contribution in [0.4, 0.5) is 0 Å². The van der Waals surface area contributed by atoms with E-state index in [1.54, 1.807) is 0 Å². The minimum Gasteiger partial charge on any atom is -0.309 e. The zero-order valence-electron chi connectivity index (χ0n) is 21.9. The predicted octanol–water partition coefficient (Wildman–Crippen LogP) is 10.3. The number of aromatic nitrogens is 3. The van der Waals surface area contributed by atoms with Crippen LogP contribution in [0.3, 0.4) is 0 Å². The number of para-hydroxylation sites is 4. The average molecular weight is 540 g/mol. The van der Waals surface area contributed by atoms with E-state index in [1.807, 2.05) is 11.3 Å². The van der Waals surface area contributed by atoms with E-state index in [-0.39, 0.29) is 0 Å². The highest BCUT2D eigenvalue weighted by Crippen LogP contribution is 2.44. The van der Waals surface area contributed by atoms with Gasteiger partial charge < -0.3 is 4.57 Å². The van der Waals surface area contributed by atoms with Crippen molar-refractivity contribution in [1.29, 1.82) is 0 Å². The number of imidazole rings is 1. The summed E-state index contributed by atoms with van der Waals surface area (Å²) in [4.78, 5) is 5.23. The molecule has 0 aliphatic carbocycles. The first-order chi connectivity index (χ1) is 20.3. The van der Waals surface area contributed by atoms with Crippen LogP contribution in [0.5, 0.6) is 0 Å². The highest BCUT2D eigenvalue weighted by molar-refractivity contribution is 7.25. The topological polar surface area (TPSA) is 22.2 Å². The third-order valence-electron chi connectivity index (χ3n) is 8.66. The molecular formula is C37H21N3S. The minimum atomic E-state index is 1.01. The van der Waals surface area contributed by atoms with Crippen LogP contribution in [-0.2, 0) is 0 Å². The number of rotatable bonds is 1. The van der Waals surface area contributed by atoms with Gasteiger partial charge in [0.15, 0.2) is 0 Å². The highest BCUT2D eigenvalue weighted by Gasteiger charge is 2.21. The number of fused-ring (bicyclic) bond motifs is 15. The summed E-state index contributed by atoms with van der Waals surface area (Å²) in [6.07, 6.45) is 0. The van der Waals surface area contributed by atoms with Crippen molar-refractivity contribution in [3.05, 3.63) is 127 Å². The summed E-state index contributed by atoms with van der Waals surface area (Å²) in [5.41, 5.74) is 7.95. The summed E-state index contributed by atoms with van der Waals surface area (Å²) in [6.45, 7) is 0. The quantitative estimate of drug-likeness (QED) is 0.190. The summed E-state index contributed by atoms with van der Waals surface area (Å²) in [7, 11) is 0. The lowest BCUT2D eigenvalue weighted by molar-refractivity contribution is 1.18. The SMILES string of the molecule is c1ccc(-n2c3ccccc3c3c4c5cc6c(cc5n5c7ccccc7nc5c4ccc32)sc2ccccc26)cc1. The molecule has 0 unspecified atom stereocenters. The van der Waals surface area contributed by atoms with Crippen LogP contribution in [0.15, 0.2) is 127 Å². The largest absolute Gasteiger partial charge is 0.309 e. The van der Waals surface area contributed by atoms with Gasteiger partial charge in [-0.05, 0) is 60.7 Å². The van der Waals surface area contributed by atoms with Gasteiger partial charge in [0.05, 0.1) is 27.6 Å². The monoisotopic (exact) mass is 539 g/mol. The zero-order valence-corrected chi connectivity index (χ0v) is 22.7. The molecule has 0 fully saturated rings. The van der Waals surface area contributed by atoms with E-state index in [2.05, 4.69) is 136 Å². The van der Waals surface area contributed by atoms with E-state index < -0.39 is 0 Å². The molecule has 0 bridgehead atoms. The summed E-state index contributed by atoms with van der Waals surface area (Å²) in [6, 6.07) is 46.2. The highest BCUT2D eigenvalue weighted by atomic mass is 32.1. The molecule has 4 heteroatoms. The van der Waals surface area contributed by atoms with Gasteiger partial charge in [0.1, 0.15) is 5.65 Å². The molecule has 4 aromatic heterocycles. The van der Waals surface area contributed by atoms with Crippen molar-refractivity contribution >= 4 is 91.7 Å². The van der Waals surface area contributed by atoms with Crippen molar-refractivity contribution in [3.63, 3.8) is 0 Å². The van der Waals surface area contributed by atoms with Crippen molar-refractivity contribution in [1.82, 2.24) is 14.0 Å². The maximum absolute atomic E-state index is 5.23. The molecule has 41 heavy (non-hydrogen) atoms. The second-order valence-electron chi connectivity index (χ2n) is 10.8. The van der Waals surface area contributed by atoms with Gasteiger partial charge in [0, 0.05) is 52.8 Å². The van der Waals surface area contributed by atoms with E-state index in [0.717, 1.165) is 16.7 Å². The number of hydrogen-bond donors (Lipinski definition) is 0. The van der Waals surface area contributed by atoms with Crippen LogP contribution in [-0.4, -0.2) is 14.0 Å². The molecule has 190 valence electrons. The van der Waals surface area contributed by atoms with Crippen molar-refractivity contribution in [2.75, 3.05) is 0 Å². The van der Waals surface area contributed by atoms with Gasteiger partial charge in [-0.1, -0.05) is 66.7 Å². The number of benzene rings is 6. The second-order valence-corrected chi connectivity index (χ2v) is 11.9. The molecule has 10 aromatic rings. The summed E-state index contributed by atoms with van der Waals surface area (Å²) >= 11 is 1.87. The first-order valence-corrected chi connectivity index (χ1v) is 14.7. The second kappa shape index (κ2) is 7.72. The Kier molecular flexibility index (Phi) is 4.07. The van der Waals surface area contributed by atoms with Crippen LogP contribution in [0.2, 0.25) is 0 Å². The molecule has 0 N–H and O–H groups in total. The van der Waals surface area contributed by atoms with Gasteiger partial charge in [0.2, 0.25) is 0 Å². The Hall–Kier alpha value is -5.19. The van der Waals surface area contributed by atoms with E-state index in [0.29, 0.717) is 0 Å². The lowest BCUT2D eigenvalue weighted by atomic mass is 9.98. The van der Waals surface area contributed by atoms with Crippen molar-refractivity contribution in [2.24, 2.45) is 0 Å². The molecule has 0 saturated carbocycles. The molecule has 0 amide bonds. The average Bonchev–Trinajstić information content (AvgIpc) is 3.70. The molecule has 0 radical (unpaired) electrons. The predicted molar refractivity (Wildman–Crippen MR) is 175 cm³/mol. The summed E-state index contributed by atoms with van der Waals surface area (Å²) in [5, 5.41) is 8.87. The molecule has 0 saturated heterocycles. The first-order valence-electron chi connectivity index (χ1n) is 13.9. The standard InChI is InChI=1S/C37H21N3S/c1-2-10-22(11-3-1)39-29-15-7-4-13-24(29)36-31(39)19-18-25-35(36)27-20-26-23-12-5-9-17-33(23)41-34(26)21-32(27)40-30-16-8-6-14-28(30)38-37(25)40/h1-21H. The molecule has 0 aliphatic heterocycles. The van der Waals surface area contributed by atoms with Crippen LogP contribution >= 0.6 is 11.3 Å². The van der Waals surface area contributed by atoms with Crippen LogP contribution in [0.25, 0.3) is 86.0 Å². The smallest absolute Gasteiger partial charge is 0.146 e. The van der Waals surface area contributed by atoms with Gasteiger partial charge in [0.25, 0.3) is 0 Å². The fraction of sp³-hybridized carbons (Fsp3) is 0. The van der Waals surface area contributed by atoms with Crippen LogP contribution in [0.1, 0.15) is 0 Å². The van der Waals surface area contributed by atoms with Gasteiger partial charge >= 0.3 is 0 Å². The summed E-state index contributed by atoms with van der Waals surface area (Å²) in [5.74, 6) is 0. The van der Waals surface area contributed by atoms with Gasteiger partial charge in [-0.3, -0.25) is 4.40 Å². The third-order valence-corrected chi connectivity index (χ3v) is 9.79. The van der Waals surface area contributed by atoms with Crippen molar-refractivity contribution in [3.8, 4) is 5.69 Å². The fourth-order valence-electron chi connectivity index (χ4n) is 6.98. The number of hydrogen-bond acceptors (Lipinski definition) is 2. The van der Waals surface area contributed by atoms with Gasteiger partial charge in [-0.25, -0.2) is 4.98 Å². The number of nitrogens with zero attached hydrogens (tertiary/aromatic N) is 3.